The Morgan fingerprint density at radius 3 is 1.68 bits per heavy atom. The van der Waals surface area contributed by atoms with Gasteiger partial charge in [-0.2, -0.15) is 30.7 Å². The van der Waals surface area contributed by atoms with Crippen LogP contribution in [0.4, 0.5) is 30.7 Å². The molecule has 0 aromatic heterocycles. The highest BCUT2D eigenvalue weighted by molar-refractivity contribution is 5.28. The van der Waals surface area contributed by atoms with Crippen LogP contribution in [0, 0.1) is 0 Å². The normalized spacial score (nSPS) is 13.7. The third kappa shape index (κ3) is 2.84. The van der Waals surface area contributed by atoms with Crippen molar-refractivity contribution in [1.82, 2.24) is 0 Å². The first-order chi connectivity index (χ1) is 8.54. The average Bonchev–Trinajstić information content (AvgIpc) is 2.28. The zero-order chi connectivity index (χ0) is 14.9. The Morgan fingerprint density at radius 2 is 1.32 bits per heavy atom. The predicted octanol–water partition coefficient (Wildman–Crippen LogP) is 4.93. The molecule has 19 heavy (non-hydrogen) atoms. The van der Waals surface area contributed by atoms with E-state index in [2.05, 4.69) is 0 Å². The Hall–Kier alpha value is -1.27. The molecular weight excluding hydrogens is 277 g/mol. The van der Waals surface area contributed by atoms with Gasteiger partial charge in [0.1, 0.15) is 0 Å². The molecule has 0 amide bonds. The van der Waals surface area contributed by atoms with E-state index in [1.807, 2.05) is 6.92 Å². The summed E-state index contributed by atoms with van der Waals surface area (Å²) in [5.74, 6) is -11.4. The molecule has 0 bridgehead atoms. The topological polar surface area (TPSA) is 0 Å². The Bertz CT molecular complexity index is 417. The molecule has 1 aromatic rings. The molecule has 7 heteroatoms. The van der Waals surface area contributed by atoms with Gasteiger partial charge in [-0.25, -0.2) is 0 Å². The zero-order valence-corrected chi connectivity index (χ0v) is 9.87. The lowest BCUT2D eigenvalue weighted by Gasteiger charge is -2.28. The van der Waals surface area contributed by atoms with E-state index in [1.54, 1.807) is 0 Å². The molecule has 108 valence electrons. The Kier molecular flexibility index (Phi) is 4.17. The molecule has 0 saturated carbocycles. The summed E-state index contributed by atoms with van der Waals surface area (Å²) in [6.45, 7) is 1.82. The van der Waals surface area contributed by atoms with E-state index >= 15 is 0 Å². The van der Waals surface area contributed by atoms with E-state index in [4.69, 9.17) is 0 Å². The second kappa shape index (κ2) is 5.02. The number of hydrogen-bond acceptors (Lipinski definition) is 0. The van der Waals surface area contributed by atoms with Gasteiger partial charge in [-0.3, -0.25) is 0 Å². The second-order valence-electron chi connectivity index (χ2n) is 4.09. The van der Waals surface area contributed by atoms with Gasteiger partial charge in [0.25, 0.3) is 0 Å². The fraction of sp³-hybridized carbons (Fsp3) is 0.500. The van der Waals surface area contributed by atoms with Crippen LogP contribution in [0.15, 0.2) is 24.3 Å². The van der Waals surface area contributed by atoms with Crippen molar-refractivity contribution in [3.63, 3.8) is 0 Å². The van der Waals surface area contributed by atoms with Crippen LogP contribution in [-0.4, -0.2) is 12.1 Å². The maximum Gasteiger partial charge on any atom is 0.460 e. The van der Waals surface area contributed by atoms with Gasteiger partial charge in [0.05, 0.1) is 0 Å². The summed E-state index contributed by atoms with van der Waals surface area (Å²) >= 11 is 0. The molecule has 0 N–H and O–H groups in total. The van der Waals surface area contributed by atoms with Crippen LogP contribution in [0.25, 0.3) is 0 Å². The fourth-order valence-electron chi connectivity index (χ4n) is 1.53. The summed E-state index contributed by atoms with van der Waals surface area (Å²) in [6.07, 6.45) is -5.07. The summed E-state index contributed by atoms with van der Waals surface area (Å²) in [7, 11) is 0. The summed E-state index contributed by atoms with van der Waals surface area (Å²) in [4.78, 5) is 0. The van der Waals surface area contributed by atoms with Gasteiger partial charge >= 0.3 is 18.0 Å². The summed E-state index contributed by atoms with van der Waals surface area (Å²) in [5, 5.41) is 0. The summed E-state index contributed by atoms with van der Waals surface area (Å²) < 4.78 is 88.0. The molecule has 0 saturated heterocycles. The first-order valence-electron chi connectivity index (χ1n) is 5.45. The van der Waals surface area contributed by atoms with Crippen molar-refractivity contribution in [2.24, 2.45) is 0 Å². The Labute approximate surface area is 105 Å². The van der Waals surface area contributed by atoms with Crippen molar-refractivity contribution in [1.29, 1.82) is 0 Å². The van der Waals surface area contributed by atoms with Crippen LogP contribution < -0.4 is 0 Å². The number of hydrogen-bond donors (Lipinski definition) is 0. The van der Waals surface area contributed by atoms with E-state index in [0.29, 0.717) is 30.5 Å². The van der Waals surface area contributed by atoms with Gasteiger partial charge in [-0.05, 0) is 12.0 Å². The summed E-state index contributed by atoms with van der Waals surface area (Å²) in [6, 6.07) is 3.45. The Morgan fingerprint density at radius 1 is 0.842 bits per heavy atom. The molecule has 0 nitrogen and oxygen atoms in total. The largest absolute Gasteiger partial charge is 0.460 e. The molecule has 0 aliphatic carbocycles. The minimum atomic E-state index is -6.31. The molecule has 0 aliphatic rings. The number of aryl methyl sites for hydroxylation is 1. The molecule has 1 aromatic carbocycles. The number of rotatable bonds is 4. The van der Waals surface area contributed by atoms with Gasteiger partial charge in [-0.15, -0.1) is 0 Å². The highest BCUT2D eigenvalue weighted by Crippen LogP contribution is 2.51. The standard InChI is InChI=1S/C12H11F7/c1-2-3-8-4-6-9(7-5-8)10(13,14)11(15,16)12(17,18)19/h4-7H,2-3H2,1H3. The third-order valence-electron chi connectivity index (χ3n) is 2.61. The van der Waals surface area contributed by atoms with Gasteiger partial charge in [-0.1, -0.05) is 37.6 Å². The third-order valence-corrected chi connectivity index (χ3v) is 2.61. The first kappa shape index (κ1) is 15.8. The lowest BCUT2D eigenvalue weighted by Crippen LogP contribution is -2.50. The molecule has 0 radical (unpaired) electrons. The average molecular weight is 288 g/mol. The fourth-order valence-corrected chi connectivity index (χ4v) is 1.53. The molecule has 0 fully saturated rings. The molecule has 1 rings (SSSR count). The van der Waals surface area contributed by atoms with Gasteiger partial charge in [0, 0.05) is 5.56 Å². The monoisotopic (exact) mass is 288 g/mol. The van der Waals surface area contributed by atoms with Crippen LogP contribution in [0.1, 0.15) is 24.5 Å². The van der Waals surface area contributed by atoms with E-state index in [-0.39, 0.29) is 0 Å². The molecule has 0 unspecified atom stereocenters. The van der Waals surface area contributed by atoms with E-state index in [1.165, 1.54) is 0 Å². The van der Waals surface area contributed by atoms with E-state index in [0.717, 1.165) is 12.1 Å². The summed E-state index contributed by atoms with van der Waals surface area (Å²) in [5.41, 5.74) is -0.757. The lowest BCUT2D eigenvalue weighted by atomic mass is 9.99. The van der Waals surface area contributed by atoms with Gasteiger partial charge < -0.3 is 0 Å². The van der Waals surface area contributed by atoms with Crippen molar-refractivity contribution in [2.45, 2.75) is 37.8 Å². The van der Waals surface area contributed by atoms with Crippen LogP contribution in [-0.2, 0) is 12.3 Å². The van der Waals surface area contributed by atoms with Crippen molar-refractivity contribution >= 4 is 0 Å². The molecule has 0 spiro atoms. The van der Waals surface area contributed by atoms with Gasteiger partial charge in [0.15, 0.2) is 0 Å². The second-order valence-corrected chi connectivity index (χ2v) is 4.09. The van der Waals surface area contributed by atoms with Crippen molar-refractivity contribution in [3.8, 4) is 0 Å². The zero-order valence-electron chi connectivity index (χ0n) is 9.87. The number of benzene rings is 1. The predicted molar refractivity (Wildman–Crippen MR) is 55.3 cm³/mol. The van der Waals surface area contributed by atoms with Crippen LogP contribution in [0.5, 0.6) is 0 Å². The minimum absolute atomic E-state index is 0.529. The van der Waals surface area contributed by atoms with Crippen molar-refractivity contribution < 1.29 is 30.7 Å². The molecule has 0 atom stereocenters. The lowest BCUT2D eigenvalue weighted by molar-refractivity contribution is -0.359. The molecule has 0 aliphatic heterocycles. The van der Waals surface area contributed by atoms with Gasteiger partial charge in [0.2, 0.25) is 0 Å². The van der Waals surface area contributed by atoms with Crippen LogP contribution >= 0.6 is 0 Å². The Balaban J connectivity index is 3.13. The minimum Gasteiger partial charge on any atom is -0.194 e. The van der Waals surface area contributed by atoms with Crippen LogP contribution in [0.3, 0.4) is 0 Å². The number of alkyl halides is 7. The van der Waals surface area contributed by atoms with Crippen molar-refractivity contribution in [3.05, 3.63) is 35.4 Å². The van der Waals surface area contributed by atoms with E-state index < -0.39 is 23.6 Å². The maximum absolute atomic E-state index is 13.3. The SMILES string of the molecule is CCCc1ccc(C(F)(F)C(F)(F)C(F)(F)F)cc1. The molecular formula is C12H11F7. The molecule has 0 heterocycles. The quantitative estimate of drug-likeness (QED) is 0.689. The van der Waals surface area contributed by atoms with E-state index in [9.17, 15) is 30.7 Å². The smallest absolute Gasteiger partial charge is 0.194 e. The maximum atomic E-state index is 13.3. The highest BCUT2D eigenvalue weighted by atomic mass is 19.4. The highest BCUT2D eigenvalue weighted by Gasteiger charge is 2.73. The van der Waals surface area contributed by atoms with Crippen LogP contribution in [0.2, 0.25) is 0 Å². The first-order valence-corrected chi connectivity index (χ1v) is 5.45. The van der Waals surface area contributed by atoms with Crippen molar-refractivity contribution in [2.75, 3.05) is 0 Å². The number of halogens is 7.